The summed E-state index contributed by atoms with van der Waals surface area (Å²) in [7, 11) is 23.3. The number of aliphatic carboxylic acids is 1. The van der Waals surface area contributed by atoms with Gasteiger partial charge in [0.15, 0.2) is 0 Å². The first kappa shape index (κ1) is 17.7. The van der Waals surface area contributed by atoms with Gasteiger partial charge in [-0.2, -0.15) is 0 Å². The van der Waals surface area contributed by atoms with Crippen LogP contribution in [-0.4, -0.2) is 53.3 Å². The van der Waals surface area contributed by atoms with E-state index in [0.29, 0.717) is 0 Å². The lowest BCUT2D eigenvalue weighted by Crippen LogP contribution is -2.64. The molecule has 0 aliphatic rings. The van der Waals surface area contributed by atoms with E-state index in [1.54, 1.807) is 0 Å². The van der Waals surface area contributed by atoms with E-state index in [9.17, 15) is 4.79 Å². The zero-order valence-electron chi connectivity index (χ0n) is 11.5. The molecule has 1 atom stereocenters. The number of hydrogen-bond acceptors (Lipinski definition) is 2. The second kappa shape index (κ2) is 6.23. The van der Waals surface area contributed by atoms with Crippen LogP contribution in [0.25, 0.3) is 0 Å². The van der Waals surface area contributed by atoms with E-state index in [-0.39, 0.29) is 5.54 Å². The van der Waals surface area contributed by atoms with Crippen LogP contribution in [-0.2, 0) is 4.79 Å². The molecule has 0 spiro atoms. The summed E-state index contributed by atoms with van der Waals surface area (Å²) in [6.07, 6.45) is 2.04. The molecule has 92 valence electrons. The van der Waals surface area contributed by atoms with Crippen LogP contribution in [0.15, 0.2) is 0 Å². The van der Waals surface area contributed by atoms with Gasteiger partial charge in [-0.25, -0.2) is 0 Å². The Kier molecular flexibility index (Phi) is 6.12. The van der Waals surface area contributed by atoms with Gasteiger partial charge in [-0.05, 0) is 19.8 Å². The van der Waals surface area contributed by atoms with Crippen molar-refractivity contribution < 1.29 is 9.90 Å². The van der Waals surface area contributed by atoms with E-state index in [4.69, 9.17) is 36.5 Å². The second-order valence-corrected chi connectivity index (χ2v) is 5.27. The minimum Gasteiger partial charge on any atom is -0.481 e. The van der Waals surface area contributed by atoms with Crippen molar-refractivity contribution in [1.82, 2.24) is 5.32 Å². The van der Waals surface area contributed by atoms with Crippen molar-refractivity contribution in [3.63, 3.8) is 0 Å². The van der Waals surface area contributed by atoms with Gasteiger partial charge in [0.2, 0.25) is 0 Å². The van der Waals surface area contributed by atoms with Crippen LogP contribution < -0.4 is 5.32 Å². The van der Waals surface area contributed by atoms with Crippen LogP contribution in [0.5, 0.6) is 0 Å². The zero-order valence-corrected chi connectivity index (χ0v) is 11.5. The van der Waals surface area contributed by atoms with Crippen molar-refractivity contribution in [3.8, 4) is 0 Å². The smallest absolute Gasteiger partial charge is 0.302 e. The maximum absolute atomic E-state index is 10.7. The molecule has 0 rings (SSSR count). The largest absolute Gasteiger partial charge is 0.481 e. The summed E-state index contributed by atoms with van der Waals surface area (Å²) in [5.74, 6) is -1.14. The van der Waals surface area contributed by atoms with Crippen molar-refractivity contribution in [1.29, 1.82) is 0 Å². The van der Waals surface area contributed by atoms with Crippen molar-refractivity contribution in [2.45, 2.75) is 62.5 Å². The fourth-order valence-corrected chi connectivity index (χ4v) is 1.89. The fraction of sp³-hybridized carbons (Fsp3) is 0.909. The first-order valence-corrected chi connectivity index (χ1v) is 6.16. The molecule has 0 aromatic carbocycles. The van der Waals surface area contributed by atoms with Gasteiger partial charge < -0.3 is 10.4 Å². The summed E-state index contributed by atoms with van der Waals surface area (Å²) in [6.45, 7) is 5.99. The quantitative estimate of drug-likeness (QED) is 0.606. The SMILES string of the molecule is [B]C([B])(CC(=O)O)C([B])([B])NC(C)(CC)CCC. The van der Waals surface area contributed by atoms with Crippen LogP contribution in [0.2, 0.25) is 5.21 Å². The van der Waals surface area contributed by atoms with E-state index >= 15 is 0 Å². The summed E-state index contributed by atoms with van der Waals surface area (Å²) < 4.78 is 0. The minimum atomic E-state index is -1.73. The summed E-state index contributed by atoms with van der Waals surface area (Å²) in [4.78, 5) is 10.7. The highest BCUT2D eigenvalue weighted by Gasteiger charge is 2.39. The number of carbonyl (C=O) groups is 1. The lowest BCUT2D eigenvalue weighted by atomic mass is 9.32. The highest BCUT2D eigenvalue weighted by atomic mass is 16.4. The van der Waals surface area contributed by atoms with E-state index in [1.807, 2.05) is 20.8 Å². The third kappa shape index (κ3) is 4.75. The molecule has 0 aromatic heterocycles. The standard InChI is InChI=1S/C11H19B4NO2/c1-4-6-9(3,5-2)16-11(14,15)10(12,13)7-8(17)18/h16H,4-7H2,1-3H3,(H,17,18). The van der Waals surface area contributed by atoms with E-state index in [0.717, 1.165) is 19.3 Å². The van der Waals surface area contributed by atoms with Crippen molar-refractivity contribution in [3.05, 3.63) is 0 Å². The van der Waals surface area contributed by atoms with Crippen LogP contribution in [0.3, 0.4) is 0 Å². The molecule has 3 nitrogen and oxygen atoms in total. The Hall–Kier alpha value is -0.310. The summed E-state index contributed by atoms with van der Waals surface area (Å²) >= 11 is 0. The topological polar surface area (TPSA) is 49.3 Å². The molecular formula is C11H19B4NO2. The Morgan fingerprint density at radius 3 is 2.06 bits per heavy atom. The normalized spacial score (nSPS) is 16.2. The van der Waals surface area contributed by atoms with Crippen molar-refractivity contribution in [2.75, 3.05) is 0 Å². The third-order valence-corrected chi connectivity index (χ3v) is 3.30. The van der Waals surface area contributed by atoms with Crippen molar-refractivity contribution >= 4 is 37.4 Å². The summed E-state index contributed by atoms with van der Waals surface area (Å²) in [6, 6.07) is 0. The third-order valence-electron chi connectivity index (χ3n) is 3.30. The molecule has 0 bridgehead atoms. The predicted octanol–water partition coefficient (Wildman–Crippen LogP) is 0.463. The monoisotopic (exact) mass is 241 g/mol. The Balaban J connectivity index is 4.96. The molecule has 0 heterocycles. The highest BCUT2D eigenvalue weighted by Crippen LogP contribution is 2.34. The van der Waals surface area contributed by atoms with Gasteiger partial charge in [0.1, 0.15) is 0 Å². The average molecular weight is 241 g/mol. The lowest BCUT2D eigenvalue weighted by molar-refractivity contribution is -0.137. The predicted molar refractivity (Wildman–Crippen MR) is 77.4 cm³/mol. The number of hydrogen-bond donors (Lipinski definition) is 2. The van der Waals surface area contributed by atoms with Crippen molar-refractivity contribution in [2.24, 2.45) is 0 Å². The molecule has 8 radical (unpaired) electrons. The van der Waals surface area contributed by atoms with E-state index in [1.165, 1.54) is 0 Å². The average Bonchev–Trinajstić information content (AvgIpc) is 2.14. The molecule has 7 heteroatoms. The maximum atomic E-state index is 10.7. The molecule has 0 amide bonds. The molecule has 0 saturated carbocycles. The van der Waals surface area contributed by atoms with E-state index < -0.39 is 22.9 Å². The second-order valence-electron chi connectivity index (χ2n) is 5.27. The molecule has 0 fully saturated rings. The van der Waals surface area contributed by atoms with Gasteiger partial charge in [-0.3, -0.25) is 4.79 Å². The number of carboxylic acid groups (broad SMARTS) is 1. The van der Waals surface area contributed by atoms with Gasteiger partial charge >= 0.3 is 5.97 Å². The maximum Gasteiger partial charge on any atom is 0.302 e. The van der Waals surface area contributed by atoms with Crippen LogP contribution in [0.1, 0.15) is 46.5 Å². The van der Waals surface area contributed by atoms with Gasteiger partial charge in [-0.15, -0.1) is 0 Å². The van der Waals surface area contributed by atoms with Crippen LogP contribution in [0.4, 0.5) is 0 Å². The van der Waals surface area contributed by atoms with Crippen LogP contribution >= 0.6 is 0 Å². The first-order valence-electron chi connectivity index (χ1n) is 6.16. The Morgan fingerprint density at radius 1 is 1.22 bits per heavy atom. The van der Waals surface area contributed by atoms with Gasteiger partial charge in [-0.1, -0.05) is 30.8 Å². The number of rotatable bonds is 8. The summed E-state index contributed by atoms with van der Waals surface area (Å²) in [5.41, 5.74) is -0.333. The Bertz CT molecular complexity index is 297. The lowest BCUT2D eigenvalue weighted by Gasteiger charge is -2.50. The molecule has 0 aliphatic carbocycles. The number of nitrogens with one attached hydrogen (secondary N) is 1. The number of carboxylic acids is 1. The molecular weight excluding hydrogens is 221 g/mol. The van der Waals surface area contributed by atoms with Gasteiger partial charge in [0, 0.05) is 12.0 Å². The zero-order chi connectivity index (χ0) is 14.6. The molecule has 1 unspecified atom stereocenters. The van der Waals surface area contributed by atoms with Gasteiger partial charge in [0.05, 0.1) is 31.4 Å². The molecule has 0 aromatic rings. The first-order chi connectivity index (χ1) is 7.99. The molecule has 0 saturated heterocycles. The molecule has 0 aliphatic heterocycles. The van der Waals surface area contributed by atoms with E-state index in [2.05, 4.69) is 5.32 Å². The summed E-state index contributed by atoms with van der Waals surface area (Å²) in [5, 5.41) is 8.39. The Labute approximate surface area is 116 Å². The Morgan fingerprint density at radius 2 is 1.72 bits per heavy atom. The highest BCUT2D eigenvalue weighted by molar-refractivity contribution is 6.54. The molecule has 18 heavy (non-hydrogen) atoms. The van der Waals surface area contributed by atoms with Gasteiger partial charge in [0.25, 0.3) is 0 Å². The van der Waals surface area contributed by atoms with Crippen LogP contribution in [0, 0.1) is 0 Å². The fourth-order valence-electron chi connectivity index (χ4n) is 1.89. The molecule has 2 N–H and O–H groups in total. The minimum absolute atomic E-state index is 0.333.